The molecular formula is C17H22N4O2. The van der Waals surface area contributed by atoms with Crippen molar-refractivity contribution in [2.24, 2.45) is 0 Å². The lowest BCUT2D eigenvalue weighted by Gasteiger charge is -2.19. The number of likely N-dealkylation sites (N-methyl/N-ethyl adjacent to an activating group) is 2. The van der Waals surface area contributed by atoms with E-state index < -0.39 is 0 Å². The lowest BCUT2D eigenvalue weighted by Crippen LogP contribution is -2.37. The Labute approximate surface area is 136 Å². The van der Waals surface area contributed by atoms with Gasteiger partial charge in [-0.25, -0.2) is 4.68 Å². The molecule has 23 heavy (non-hydrogen) atoms. The number of benzene rings is 1. The van der Waals surface area contributed by atoms with Crippen molar-refractivity contribution in [3.8, 4) is 5.69 Å². The van der Waals surface area contributed by atoms with Crippen molar-refractivity contribution >= 4 is 11.8 Å². The Kier molecular flexibility index (Phi) is 4.83. The van der Waals surface area contributed by atoms with Gasteiger partial charge in [0.1, 0.15) is 0 Å². The number of carbonyl (C=O) groups is 2. The fourth-order valence-corrected chi connectivity index (χ4v) is 2.27. The van der Waals surface area contributed by atoms with Crippen LogP contribution in [0.15, 0.2) is 30.3 Å². The van der Waals surface area contributed by atoms with Crippen LogP contribution in [0.4, 0.5) is 0 Å². The third-order valence-corrected chi connectivity index (χ3v) is 3.59. The van der Waals surface area contributed by atoms with E-state index in [2.05, 4.69) is 5.10 Å². The van der Waals surface area contributed by atoms with Gasteiger partial charge in [0.05, 0.1) is 17.9 Å². The first-order chi connectivity index (χ1) is 10.8. The molecule has 0 atom stereocenters. The number of carbonyl (C=O) groups excluding carboxylic acids is 2. The molecule has 0 fully saturated rings. The van der Waals surface area contributed by atoms with Crippen LogP contribution in [0.2, 0.25) is 0 Å². The molecule has 6 heteroatoms. The van der Waals surface area contributed by atoms with Crippen LogP contribution in [0.5, 0.6) is 0 Å². The van der Waals surface area contributed by atoms with Crippen LogP contribution in [0, 0.1) is 13.8 Å². The first kappa shape index (κ1) is 16.7. The smallest absolute Gasteiger partial charge is 0.254 e. The van der Waals surface area contributed by atoms with Crippen LogP contribution >= 0.6 is 0 Å². The minimum absolute atomic E-state index is 0.0606. The zero-order valence-electron chi connectivity index (χ0n) is 14.2. The normalized spacial score (nSPS) is 10.5. The van der Waals surface area contributed by atoms with E-state index in [1.165, 1.54) is 9.80 Å². The minimum Gasteiger partial charge on any atom is -0.347 e. The van der Waals surface area contributed by atoms with E-state index in [4.69, 9.17) is 0 Å². The standard InChI is InChI=1S/C17H22N4O2/c1-12-10-13(2)21(18-12)15-8-6-14(7-9-15)17(23)20(5)11-16(22)19(3)4/h6-10H,11H2,1-5H3. The Hall–Kier alpha value is -2.63. The van der Waals surface area contributed by atoms with Gasteiger partial charge in [-0.1, -0.05) is 0 Å². The van der Waals surface area contributed by atoms with Crippen LogP contribution in [0.1, 0.15) is 21.7 Å². The Morgan fingerprint density at radius 3 is 2.17 bits per heavy atom. The van der Waals surface area contributed by atoms with E-state index in [0.29, 0.717) is 5.56 Å². The molecule has 0 unspecified atom stereocenters. The quantitative estimate of drug-likeness (QED) is 0.862. The number of aryl methyl sites for hydroxylation is 2. The number of hydrogen-bond acceptors (Lipinski definition) is 3. The van der Waals surface area contributed by atoms with Crippen molar-refractivity contribution in [1.29, 1.82) is 0 Å². The van der Waals surface area contributed by atoms with Crippen molar-refractivity contribution in [2.45, 2.75) is 13.8 Å². The number of rotatable bonds is 4. The van der Waals surface area contributed by atoms with Gasteiger partial charge in [0, 0.05) is 32.4 Å². The Balaban J connectivity index is 2.14. The molecule has 0 aliphatic heterocycles. The minimum atomic E-state index is -0.180. The van der Waals surface area contributed by atoms with Crippen LogP contribution < -0.4 is 0 Å². The largest absolute Gasteiger partial charge is 0.347 e. The predicted octanol–water partition coefficient (Wildman–Crippen LogP) is 1.65. The van der Waals surface area contributed by atoms with Crippen LogP contribution in [-0.4, -0.2) is 59.1 Å². The zero-order chi connectivity index (χ0) is 17.1. The van der Waals surface area contributed by atoms with E-state index in [9.17, 15) is 9.59 Å². The van der Waals surface area contributed by atoms with Crippen molar-refractivity contribution in [3.05, 3.63) is 47.3 Å². The number of hydrogen-bond donors (Lipinski definition) is 0. The predicted molar refractivity (Wildman–Crippen MR) is 88.7 cm³/mol. The fraction of sp³-hybridized carbons (Fsp3) is 0.353. The van der Waals surface area contributed by atoms with E-state index in [-0.39, 0.29) is 18.4 Å². The summed E-state index contributed by atoms with van der Waals surface area (Å²) >= 11 is 0. The lowest BCUT2D eigenvalue weighted by molar-refractivity contribution is -0.129. The highest BCUT2D eigenvalue weighted by Gasteiger charge is 2.16. The highest BCUT2D eigenvalue weighted by Crippen LogP contribution is 2.14. The number of amides is 2. The van der Waals surface area contributed by atoms with Gasteiger partial charge in [0.15, 0.2) is 0 Å². The summed E-state index contributed by atoms with van der Waals surface area (Å²) in [6, 6.07) is 9.22. The first-order valence-electron chi connectivity index (χ1n) is 7.39. The van der Waals surface area contributed by atoms with Gasteiger partial charge >= 0.3 is 0 Å². The zero-order valence-corrected chi connectivity index (χ0v) is 14.2. The lowest BCUT2D eigenvalue weighted by atomic mass is 10.2. The fourth-order valence-electron chi connectivity index (χ4n) is 2.27. The molecule has 0 aliphatic carbocycles. The maximum Gasteiger partial charge on any atom is 0.254 e. The summed E-state index contributed by atoms with van der Waals surface area (Å²) in [7, 11) is 4.96. The topological polar surface area (TPSA) is 58.4 Å². The highest BCUT2D eigenvalue weighted by molar-refractivity contribution is 5.96. The molecule has 0 radical (unpaired) electrons. The van der Waals surface area contributed by atoms with Crippen LogP contribution in [-0.2, 0) is 4.79 Å². The summed E-state index contributed by atoms with van der Waals surface area (Å²) in [6.45, 7) is 3.99. The maximum atomic E-state index is 12.4. The third kappa shape index (κ3) is 3.77. The molecule has 0 N–H and O–H groups in total. The van der Waals surface area contributed by atoms with Crippen molar-refractivity contribution in [1.82, 2.24) is 19.6 Å². The summed E-state index contributed by atoms with van der Waals surface area (Å²) in [4.78, 5) is 26.9. The molecule has 2 amide bonds. The summed E-state index contributed by atoms with van der Waals surface area (Å²) in [6.07, 6.45) is 0. The van der Waals surface area contributed by atoms with Crippen LogP contribution in [0.25, 0.3) is 5.69 Å². The van der Waals surface area contributed by atoms with Crippen LogP contribution in [0.3, 0.4) is 0 Å². The van der Waals surface area contributed by atoms with Gasteiger partial charge in [0.25, 0.3) is 5.91 Å². The molecule has 122 valence electrons. The Morgan fingerprint density at radius 2 is 1.70 bits per heavy atom. The molecule has 1 aromatic carbocycles. The highest BCUT2D eigenvalue weighted by atomic mass is 16.2. The van der Waals surface area contributed by atoms with E-state index in [0.717, 1.165) is 17.1 Å². The van der Waals surface area contributed by atoms with Crippen molar-refractivity contribution in [3.63, 3.8) is 0 Å². The van der Waals surface area contributed by atoms with Gasteiger partial charge in [-0.15, -0.1) is 0 Å². The summed E-state index contributed by atoms with van der Waals surface area (Å²) < 4.78 is 1.84. The van der Waals surface area contributed by atoms with Crippen molar-refractivity contribution in [2.75, 3.05) is 27.7 Å². The molecule has 2 aromatic rings. The molecule has 1 heterocycles. The van der Waals surface area contributed by atoms with Gasteiger partial charge in [-0.05, 0) is 44.2 Å². The summed E-state index contributed by atoms with van der Waals surface area (Å²) in [5, 5.41) is 4.42. The van der Waals surface area contributed by atoms with Gasteiger partial charge < -0.3 is 9.80 Å². The van der Waals surface area contributed by atoms with Crippen molar-refractivity contribution < 1.29 is 9.59 Å². The summed E-state index contributed by atoms with van der Waals surface area (Å²) in [5.41, 5.74) is 3.43. The first-order valence-corrected chi connectivity index (χ1v) is 7.39. The van der Waals surface area contributed by atoms with Gasteiger partial charge in [-0.2, -0.15) is 5.10 Å². The Bertz CT molecular complexity index is 717. The second-order valence-corrected chi connectivity index (χ2v) is 5.84. The SMILES string of the molecule is Cc1cc(C)n(-c2ccc(C(=O)N(C)CC(=O)N(C)C)cc2)n1. The third-order valence-electron chi connectivity index (χ3n) is 3.59. The molecule has 0 bridgehead atoms. The van der Waals surface area contributed by atoms with Gasteiger partial charge in [-0.3, -0.25) is 9.59 Å². The van der Waals surface area contributed by atoms with E-state index >= 15 is 0 Å². The van der Waals surface area contributed by atoms with Gasteiger partial charge in [0.2, 0.25) is 5.91 Å². The average molecular weight is 314 g/mol. The maximum absolute atomic E-state index is 12.4. The number of nitrogens with zero attached hydrogens (tertiary/aromatic N) is 4. The Morgan fingerprint density at radius 1 is 1.09 bits per heavy atom. The number of aromatic nitrogens is 2. The second-order valence-electron chi connectivity index (χ2n) is 5.84. The molecular weight excluding hydrogens is 292 g/mol. The average Bonchev–Trinajstić information content (AvgIpc) is 2.85. The second kappa shape index (κ2) is 6.64. The molecule has 1 aromatic heterocycles. The molecule has 0 saturated carbocycles. The molecule has 0 saturated heterocycles. The molecule has 2 rings (SSSR count). The molecule has 6 nitrogen and oxygen atoms in total. The summed E-state index contributed by atoms with van der Waals surface area (Å²) in [5.74, 6) is -0.291. The van der Waals surface area contributed by atoms with E-state index in [1.807, 2.05) is 36.7 Å². The molecule has 0 spiro atoms. The monoisotopic (exact) mass is 314 g/mol. The van der Waals surface area contributed by atoms with E-state index in [1.54, 1.807) is 33.3 Å². The molecule has 0 aliphatic rings.